The molecule has 9 heteroatoms. The largest absolute Gasteiger partial charge is 0.497 e. The highest BCUT2D eigenvalue weighted by Crippen LogP contribution is 2.29. The van der Waals surface area contributed by atoms with Crippen LogP contribution in [0.25, 0.3) is 0 Å². The van der Waals surface area contributed by atoms with Gasteiger partial charge in [-0.2, -0.15) is 0 Å². The number of fused-ring (bicyclic) bond motifs is 1. The number of hydrogen-bond donors (Lipinski definition) is 1. The average molecular weight is 396 g/mol. The molecule has 0 atom stereocenters. The Morgan fingerprint density at radius 3 is 2.62 bits per heavy atom. The predicted octanol–water partition coefficient (Wildman–Crippen LogP) is 1.37. The summed E-state index contributed by atoms with van der Waals surface area (Å²) in [5, 5.41) is 0. The zero-order valence-electron chi connectivity index (χ0n) is 14.3. The number of hydrogen-bond acceptors (Lipinski definition) is 5. The van der Waals surface area contributed by atoms with E-state index in [0.717, 1.165) is 5.56 Å². The van der Waals surface area contributed by atoms with Gasteiger partial charge in [-0.15, -0.1) is 0 Å². The average Bonchev–Trinajstić information content (AvgIpc) is 3.06. The number of para-hydroxylation sites is 1. The fraction of sp³-hybridized carbons (Fsp3) is 0.294. The van der Waals surface area contributed by atoms with E-state index < -0.39 is 20.0 Å². The normalized spacial score (nSPS) is 14.3. The standard InChI is InChI=1S/C17H20N2O5S2/c1-24-15-6-4-7-16(13-15)26(22,23)18-10-12-25(20,21)19-11-9-14-5-2-3-8-17(14)19/h2-8,13,18H,9-12H2,1H3. The molecule has 0 fully saturated rings. The molecule has 26 heavy (non-hydrogen) atoms. The first-order valence-electron chi connectivity index (χ1n) is 8.05. The van der Waals surface area contributed by atoms with Gasteiger partial charge in [0, 0.05) is 19.2 Å². The minimum Gasteiger partial charge on any atom is -0.497 e. The molecule has 0 spiro atoms. The first-order chi connectivity index (χ1) is 12.3. The predicted molar refractivity (Wildman–Crippen MR) is 99.5 cm³/mol. The Morgan fingerprint density at radius 1 is 1.08 bits per heavy atom. The molecule has 3 rings (SSSR count). The van der Waals surface area contributed by atoms with Crippen molar-refractivity contribution >= 4 is 25.7 Å². The van der Waals surface area contributed by atoms with E-state index in [1.807, 2.05) is 12.1 Å². The second kappa shape index (κ2) is 7.26. The number of rotatable bonds is 7. The maximum atomic E-state index is 12.6. The highest BCUT2D eigenvalue weighted by molar-refractivity contribution is 7.93. The van der Waals surface area contributed by atoms with E-state index in [1.165, 1.54) is 23.5 Å². The molecule has 2 aromatic rings. The lowest BCUT2D eigenvalue weighted by Gasteiger charge is -2.19. The molecule has 0 radical (unpaired) electrons. The molecule has 2 aromatic carbocycles. The summed E-state index contributed by atoms with van der Waals surface area (Å²) in [7, 11) is -5.98. The maximum absolute atomic E-state index is 12.6. The van der Waals surface area contributed by atoms with Crippen LogP contribution >= 0.6 is 0 Å². The van der Waals surface area contributed by atoms with Crippen LogP contribution in [0.4, 0.5) is 5.69 Å². The fourth-order valence-electron chi connectivity index (χ4n) is 2.86. The van der Waals surface area contributed by atoms with Crippen LogP contribution in [0, 0.1) is 0 Å². The zero-order chi connectivity index (χ0) is 18.8. The highest BCUT2D eigenvalue weighted by Gasteiger charge is 2.29. The van der Waals surface area contributed by atoms with Gasteiger partial charge in [0.1, 0.15) is 5.75 Å². The third kappa shape index (κ3) is 3.84. The molecule has 0 bridgehead atoms. The molecule has 0 unspecified atom stereocenters. The van der Waals surface area contributed by atoms with Crippen molar-refractivity contribution in [1.82, 2.24) is 4.72 Å². The van der Waals surface area contributed by atoms with Crippen LogP contribution in [0.5, 0.6) is 5.75 Å². The van der Waals surface area contributed by atoms with Gasteiger partial charge in [0.15, 0.2) is 0 Å². The second-order valence-electron chi connectivity index (χ2n) is 5.84. The number of nitrogens with one attached hydrogen (secondary N) is 1. The van der Waals surface area contributed by atoms with Crippen molar-refractivity contribution in [2.24, 2.45) is 0 Å². The van der Waals surface area contributed by atoms with Gasteiger partial charge in [-0.1, -0.05) is 24.3 Å². The Bertz CT molecular complexity index is 1000. The quantitative estimate of drug-likeness (QED) is 0.763. The minimum atomic E-state index is -3.81. The van der Waals surface area contributed by atoms with Crippen molar-refractivity contribution in [3.05, 3.63) is 54.1 Å². The summed E-state index contributed by atoms with van der Waals surface area (Å²) in [6.45, 7) is 0.171. The second-order valence-corrected chi connectivity index (χ2v) is 9.62. The Kier molecular flexibility index (Phi) is 5.22. The van der Waals surface area contributed by atoms with E-state index in [9.17, 15) is 16.8 Å². The SMILES string of the molecule is COc1cccc(S(=O)(=O)NCCS(=O)(=O)N2CCc3ccccc32)c1. The van der Waals surface area contributed by atoms with Crippen LogP contribution in [-0.4, -0.2) is 42.8 Å². The summed E-state index contributed by atoms with van der Waals surface area (Å²) in [6.07, 6.45) is 0.658. The lowest BCUT2D eigenvalue weighted by Crippen LogP contribution is -2.36. The number of benzene rings is 2. The van der Waals surface area contributed by atoms with Crippen LogP contribution < -0.4 is 13.8 Å². The molecule has 1 N–H and O–H groups in total. The van der Waals surface area contributed by atoms with E-state index in [1.54, 1.807) is 24.3 Å². The van der Waals surface area contributed by atoms with Crippen LogP contribution in [0.1, 0.15) is 5.56 Å². The molecule has 0 aliphatic carbocycles. The smallest absolute Gasteiger partial charge is 0.240 e. The molecule has 140 valence electrons. The Balaban J connectivity index is 1.67. The van der Waals surface area contributed by atoms with Crippen molar-refractivity contribution in [3.8, 4) is 5.75 Å². The van der Waals surface area contributed by atoms with E-state index in [2.05, 4.69) is 4.72 Å². The number of sulfonamides is 2. The molecule has 0 aromatic heterocycles. The summed E-state index contributed by atoms with van der Waals surface area (Å²) in [4.78, 5) is 0.0285. The molecule has 1 aliphatic heterocycles. The van der Waals surface area contributed by atoms with Crippen LogP contribution in [0.2, 0.25) is 0 Å². The molecular formula is C17H20N2O5S2. The van der Waals surface area contributed by atoms with Gasteiger partial charge in [-0.25, -0.2) is 21.6 Å². The fourth-order valence-corrected chi connectivity index (χ4v) is 5.49. The topological polar surface area (TPSA) is 92.8 Å². The third-order valence-corrected chi connectivity index (χ3v) is 7.41. The maximum Gasteiger partial charge on any atom is 0.240 e. The first kappa shape index (κ1) is 18.7. The molecule has 1 aliphatic rings. The minimum absolute atomic E-state index is 0.0285. The molecule has 0 saturated carbocycles. The summed E-state index contributed by atoms with van der Waals surface area (Å²) in [6, 6.07) is 13.3. The number of methoxy groups -OCH3 is 1. The Morgan fingerprint density at radius 2 is 1.85 bits per heavy atom. The van der Waals surface area contributed by atoms with Gasteiger partial charge in [0.2, 0.25) is 20.0 Å². The van der Waals surface area contributed by atoms with Gasteiger partial charge in [0.25, 0.3) is 0 Å². The van der Waals surface area contributed by atoms with Crippen molar-refractivity contribution in [2.75, 3.05) is 30.3 Å². The van der Waals surface area contributed by atoms with Gasteiger partial charge >= 0.3 is 0 Å². The molecule has 0 amide bonds. The number of anilines is 1. The number of ether oxygens (including phenoxy) is 1. The third-order valence-electron chi connectivity index (χ3n) is 4.18. The van der Waals surface area contributed by atoms with E-state index >= 15 is 0 Å². The summed E-state index contributed by atoms with van der Waals surface area (Å²) in [5.41, 5.74) is 1.65. The molecule has 0 saturated heterocycles. The van der Waals surface area contributed by atoms with Crippen LogP contribution in [-0.2, 0) is 26.5 Å². The van der Waals surface area contributed by atoms with Gasteiger partial charge in [-0.05, 0) is 30.2 Å². The van der Waals surface area contributed by atoms with E-state index in [-0.39, 0.29) is 17.2 Å². The first-order valence-corrected chi connectivity index (χ1v) is 11.1. The summed E-state index contributed by atoms with van der Waals surface area (Å²) >= 11 is 0. The van der Waals surface area contributed by atoms with E-state index in [0.29, 0.717) is 24.4 Å². The van der Waals surface area contributed by atoms with Gasteiger partial charge < -0.3 is 4.74 Å². The lowest BCUT2D eigenvalue weighted by atomic mass is 10.2. The van der Waals surface area contributed by atoms with Gasteiger partial charge in [-0.3, -0.25) is 4.31 Å². The van der Waals surface area contributed by atoms with E-state index in [4.69, 9.17) is 4.74 Å². The van der Waals surface area contributed by atoms with Crippen molar-refractivity contribution < 1.29 is 21.6 Å². The van der Waals surface area contributed by atoms with Crippen molar-refractivity contribution in [2.45, 2.75) is 11.3 Å². The zero-order valence-corrected chi connectivity index (χ0v) is 15.9. The summed E-state index contributed by atoms with van der Waals surface area (Å²) in [5.74, 6) is 0.0963. The lowest BCUT2D eigenvalue weighted by molar-refractivity contribution is 0.413. The number of nitrogens with zero attached hydrogens (tertiary/aromatic N) is 1. The molecule has 7 nitrogen and oxygen atoms in total. The monoisotopic (exact) mass is 396 g/mol. The Hall–Kier alpha value is -2.10. The van der Waals surface area contributed by atoms with Gasteiger partial charge in [0.05, 0.1) is 23.4 Å². The van der Waals surface area contributed by atoms with Crippen molar-refractivity contribution in [3.63, 3.8) is 0 Å². The van der Waals surface area contributed by atoms with Crippen LogP contribution in [0.15, 0.2) is 53.4 Å². The Labute approximate surface area is 153 Å². The van der Waals surface area contributed by atoms with Crippen LogP contribution in [0.3, 0.4) is 0 Å². The van der Waals surface area contributed by atoms with Crippen molar-refractivity contribution in [1.29, 1.82) is 0 Å². The summed E-state index contributed by atoms with van der Waals surface area (Å²) < 4.78 is 58.5. The highest BCUT2D eigenvalue weighted by atomic mass is 32.2. The molecule has 1 heterocycles. The molecular weight excluding hydrogens is 376 g/mol.